The van der Waals surface area contributed by atoms with E-state index in [9.17, 15) is 4.79 Å². The molecule has 2 unspecified atom stereocenters. The Morgan fingerprint density at radius 2 is 2.26 bits per heavy atom. The van der Waals surface area contributed by atoms with E-state index in [1.165, 1.54) is 0 Å². The number of carbonyl (C=O) groups is 1. The third kappa shape index (κ3) is 4.14. The average molecular weight is 316 g/mol. The fraction of sp³-hybridized carbons (Fsp3) is 0.438. The Labute approximate surface area is 134 Å². The zero-order valence-corrected chi connectivity index (χ0v) is 13.0. The minimum absolute atomic E-state index is 0.167. The van der Waals surface area contributed by atoms with Gasteiger partial charge in [-0.15, -0.1) is 0 Å². The second kappa shape index (κ2) is 7.34. The molecule has 1 saturated heterocycles. The van der Waals surface area contributed by atoms with Crippen molar-refractivity contribution in [1.29, 1.82) is 0 Å². The summed E-state index contributed by atoms with van der Waals surface area (Å²) >= 11 is 0. The molecular weight excluding hydrogens is 296 g/mol. The molecule has 122 valence electrons. The van der Waals surface area contributed by atoms with Crippen LogP contribution in [0.4, 0.5) is 0 Å². The van der Waals surface area contributed by atoms with Crippen LogP contribution in [0.25, 0.3) is 0 Å². The summed E-state index contributed by atoms with van der Waals surface area (Å²) in [6.07, 6.45) is 0.103. The first kappa shape index (κ1) is 15.6. The number of carbonyl (C=O) groups excluding carboxylic acids is 1. The van der Waals surface area contributed by atoms with E-state index in [-0.39, 0.29) is 11.9 Å². The van der Waals surface area contributed by atoms with Crippen LogP contribution in [0.3, 0.4) is 0 Å². The van der Waals surface area contributed by atoms with Crippen LogP contribution in [-0.4, -0.2) is 41.8 Å². The molecule has 1 aliphatic rings. The standard InChI is InChI=1S/C16H20N4O3/c1-11(18-16(21)13-10-17-7-8-22-13)15-19-14(23-20-15)9-12-5-3-2-4-6-12/h2-6,11,13,17H,7-10H2,1H3,(H,18,21). The number of benzene rings is 1. The van der Waals surface area contributed by atoms with Gasteiger partial charge in [0.25, 0.3) is 5.91 Å². The molecule has 0 saturated carbocycles. The number of ether oxygens (including phenoxy) is 1. The van der Waals surface area contributed by atoms with E-state index in [4.69, 9.17) is 9.26 Å². The number of hydrogen-bond donors (Lipinski definition) is 2. The van der Waals surface area contributed by atoms with Gasteiger partial charge in [0.15, 0.2) is 5.82 Å². The van der Waals surface area contributed by atoms with E-state index in [0.29, 0.717) is 31.3 Å². The highest BCUT2D eigenvalue weighted by atomic mass is 16.5. The smallest absolute Gasteiger partial charge is 0.251 e. The minimum atomic E-state index is -0.470. The van der Waals surface area contributed by atoms with Crippen molar-refractivity contribution in [3.63, 3.8) is 0 Å². The van der Waals surface area contributed by atoms with Gasteiger partial charge in [0.05, 0.1) is 19.1 Å². The van der Waals surface area contributed by atoms with Crippen molar-refractivity contribution in [2.45, 2.75) is 25.5 Å². The van der Waals surface area contributed by atoms with Crippen LogP contribution in [0.15, 0.2) is 34.9 Å². The third-order valence-electron chi connectivity index (χ3n) is 3.65. The number of amides is 1. The minimum Gasteiger partial charge on any atom is -0.366 e. The lowest BCUT2D eigenvalue weighted by Crippen LogP contribution is -2.48. The predicted octanol–water partition coefficient (Wildman–Crippen LogP) is 0.826. The van der Waals surface area contributed by atoms with Crippen LogP contribution in [0.2, 0.25) is 0 Å². The van der Waals surface area contributed by atoms with E-state index in [2.05, 4.69) is 20.8 Å². The molecule has 7 heteroatoms. The third-order valence-corrected chi connectivity index (χ3v) is 3.65. The van der Waals surface area contributed by atoms with Gasteiger partial charge in [-0.1, -0.05) is 35.5 Å². The molecule has 1 aliphatic heterocycles. The van der Waals surface area contributed by atoms with Crippen molar-refractivity contribution in [3.05, 3.63) is 47.6 Å². The van der Waals surface area contributed by atoms with E-state index >= 15 is 0 Å². The summed E-state index contributed by atoms with van der Waals surface area (Å²) in [6, 6.07) is 9.57. The maximum absolute atomic E-state index is 12.1. The molecular formula is C16H20N4O3. The van der Waals surface area contributed by atoms with Crippen molar-refractivity contribution < 1.29 is 14.1 Å². The average Bonchev–Trinajstić information content (AvgIpc) is 3.05. The van der Waals surface area contributed by atoms with Gasteiger partial charge in [-0.2, -0.15) is 4.98 Å². The van der Waals surface area contributed by atoms with Gasteiger partial charge < -0.3 is 19.9 Å². The first-order valence-corrected chi connectivity index (χ1v) is 7.71. The molecule has 23 heavy (non-hydrogen) atoms. The molecule has 1 amide bonds. The van der Waals surface area contributed by atoms with Gasteiger partial charge in [-0.25, -0.2) is 0 Å². The normalized spacial score (nSPS) is 19.3. The molecule has 2 heterocycles. The van der Waals surface area contributed by atoms with Gasteiger partial charge >= 0.3 is 0 Å². The van der Waals surface area contributed by atoms with E-state index in [1.807, 2.05) is 37.3 Å². The van der Waals surface area contributed by atoms with Crippen LogP contribution in [0, 0.1) is 0 Å². The number of morpholine rings is 1. The number of hydrogen-bond acceptors (Lipinski definition) is 6. The van der Waals surface area contributed by atoms with Crippen LogP contribution in [0.5, 0.6) is 0 Å². The topological polar surface area (TPSA) is 89.3 Å². The van der Waals surface area contributed by atoms with Crippen molar-refractivity contribution in [2.75, 3.05) is 19.7 Å². The molecule has 0 bridgehead atoms. The summed E-state index contributed by atoms with van der Waals surface area (Å²) in [4.78, 5) is 16.5. The summed E-state index contributed by atoms with van der Waals surface area (Å²) in [7, 11) is 0. The number of aromatic nitrogens is 2. The Bertz CT molecular complexity index is 638. The zero-order valence-electron chi connectivity index (χ0n) is 13.0. The van der Waals surface area contributed by atoms with Gasteiger partial charge in [0.1, 0.15) is 6.10 Å². The highest BCUT2D eigenvalue weighted by Crippen LogP contribution is 2.12. The summed E-state index contributed by atoms with van der Waals surface area (Å²) in [5, 5.41) is 9.93. The van der Waals surface area contributed by atoms with Crippen molar-refractivity contribution in [3.8, 4) is 0 Å². The first-order chi connectivity index (χ1) is 11.2. The lowest BCUT2D eigenvalue weighted by atomic mass is 10.1. The summed E-state index contributed by atoms with van der Waals surface area (Å²) in [6.45, 7) is 3.65. The second-order valence-electron chi connectivity index (χ2n) is 5.50. The van der Waals surface area contributed by atoms with Gasteiger partial charge in [-0.05, 0) is 12.5 Å². The molecule has 1 fully saturated rings. The lowest BCUT2D eigenvalue weighted by Gasteiger charge is -2.23. The molecule has 0 radical (unpaired) electrons. The van der Waals surface area contributed by atoms with Crippen LogP contribution >= 0.6 is 0 Å². The summed E-state index contributed by atoms with van der Waals surface area (Å²) < 4.78 is 10.7. The molecule has 2 atom stereocenters. The Morgan fingerprint density at radius 1 is 1.43 bits per heavy atom. The Morgan fingerprint density at radius 3 is 3.00 bits per heavy atom. The number of nitrogens with one attached hydrogen (secondary N) is 2. The molecule has 1 aromatic heterocycles. The van der Waals surface area contributed by atoms with E-state index < -0.39 is 6.10 Å². The lowest BCUT2D eigenvalue weighted by molar-refractivity contribution is -0.134. The zero-order chi connectivity index (χ0) is 16.1. The highest BCUT2D eigenvalue weighted by Gasteiger charge is 2.24. The molecule has 0 spiro atoms. The van der Waals surface area contributed by atoms with Crippen molar-refractivity contribution >= 4 is 5.91 Å². The van der Waals surface area contributed by atoms with Gasteiger partial charge in [-0.3, -0.25) is 4.79 Å². The Kier molecular flexibility index (Phi) is 4.99. The highest BCUT2D eigenvalue weighted by molar-refractivity contribution is 5.81. The number of rotatable bonds is 5. The summed E-state index contributed by atoms with van der Waals surface area (Å²) in [5.74, 6) is 0.829. The molecule has 3 rings (SSSR count). The molecule has 2 N–H and O–H groups in total. The molecule has 1 aromatic carbocycles. The second-order valence-corrected chi connectivity index (χ2v) is 5.50. The van der Waals surface area contributed by atoms with Crippen LogP contribution in [-0.2, 0) is 16.0 Å². The fourth-order valence-corrected chi connectivity index (χ4v) is 2.39. The Balaban J connectivity index is 1.57. The largest absolute Gasteiger partial charge is 0.366 e. The summed E-state index contributed by atoms with van der Waals surface area (Å²) in [5.41, 5.74) is 1.10. The van der Waals surface area contributed by atoms with E-state index in [0.717, 1.165) is 12.1 Å². The predicted molar refractivity (Wildman–Crippen MR) is 82.7 cm³/mol. The number of nitrogens with zero attached hydrogens (tertiary/aromatic N) is 2. The maximum atomic E-state index is 12.1. The SMILES string of the molecule is CC(NC(=O)C1CNCCO1)c1noc(Cc2ccccc2)n1. The van der Waals surface area contributed by atoms with Gasteiger partial charge in [0.2, 0.25) is 5.89 Å². The van der Waals surface area contributed by atoms with Crippen molar-refractivity contribution in [1.82, 2.24) is 20.8 Å². The van der Waals surface area contributed by atoms with E-state index in [1.54, 1.807) is 0 Å². The van der Waals surface area contributed by atoms with Crippen LogP contribution < -0.4 is 10.6 Å². The van der Waals surface area contributed by atoms with Crippen LogP contribution in [0.1, 0.15) is 30.2 Å². The molecule has 0 aliphatic carbocycles. The first-order valence-electron chi connectivity index (χ1n) is 7.71. The monoisotopic (exact) mass is 316 g/mol. The van der Waals surface area contributed by atoms with Gasteiger partial charge in [0, 0.05) is 13.1 Å². The quantitative estimate of drug-likeness (QED) is 0.849. The maximum Gasteiger partial charge on any atom is 0.251 e. The molecule has 7 nitrogen and oxygen atoms in total. The van der Waals surface area contributed by atoms with Crippen molar-refractivity contribution in [2.24, 2.45) is 0 Å². The fourth-order valence-electron chi connectivity index (χ4n) is 2.39. The Hall–Kier alpha value is -2.25. The molecule has 2 aromatic rings.